The van der Waals surface area contributed by atoms with Crippen LogP contribution in [0.1, 0.15) is 11.4 Å². The second-order valence-corrected chi connectivity index (χ2v) is 3.00. The lowest BCUT2D eigenvalue weighted by Crippen LogP contribution is -2.12. The van der Waals surface area contributed by atoms with E-state index in [1.807, 2.05) is 0 Å². The summed E-state index contributed by atoms with van der Waals surface area (Å²) in [5.74, 6) is -1.16. The molecule has 3 nitrogen and oxygen atoms in total. The zero-order valence-corrected chi connectivity index (χ0v) is 9.07. The molecule has 0 aliphatic carbocycles. The van der Waals surface area contributed by atoms with E-state index in [0.717, 1.165) is 12.4 Å². The lowest BCUT2D eigenvalue weighted by Gasteiger charge is -2.05. The fourth-order valence-corrected chi connectivity index (χ4v) is 1.07. The Morgan fingerprint density at radius 1 is 1.35 bits per heavy atom. The first kappa shape index (κ1) is 13.1. The van der Waals surface area contributed by atoms with Gasteiger partial charge in [-0.15, -0.1) is 0 Å². The van der Waals surface area contributed by atoms with Crippen LogP contribution in [0.3, 0.4) is 0 Å². The molecule has 0 saturated carbocycles. The number of allylic oxidation sites excluding steroid dienone is 3. The summed E-state index contributed by atoms with van der Waals surface area (Å²) in [5.41, 5.74) is 0.900. The van der Waals surface area contributed by atoms with Crippen LogP contribution >= 0.6 is 0 Å². The first-order valence-electron chi connectivity index (χ1n) is 4.64. The van der Waals surface area contributed by atoms with Crippen LogP contribution in [0.25, 0.3) is 0 Å². The molecule has 0 atom stereocenters. The fourth-order valence-electron chi connectivity index (χ4n) is 1.07. The third kappa shape index (κ3) is 3.51. The number of nitrogens with zero attached hydrogens (tertiary/aromatic N) is 3. The third-order valence-electron chi connectivity index (χ3n) is 1.83. The predicted molar refractivity (Wildman–Crippen MR) is 58.8 cm³/mol. The van der Waals surface area contributed by atoms with Crippen LogP contribution in [0.15, 0.2) is 42.2 Å². The van der Waals surface area contributed by atoms with E-state index in [4.69, 9.17) is 0 Å². The van der Waals surface area contributed by atoms with E-state index < -0.39 is 12.0 Å². The molecule has 6 heteroatoms. The van der Waals surface area contributed by atoms with Crippen molar-refractivity contribution >= 4 is 5.71 Å². The number of aromatic nitrogens is 2. The summed E-state index contributed by atoms with van der Waals surface area (Å²) in [5, 5.41) is 0. The molecule has 0 N–H and O–H groups in total. The summed E-state index contributed by atoms with van der Waals surface area (Å²) < 4.78 is 36.7. The standard InChI is InChI=1S/C11H10F3N3/c1-3-4-5-9(15-2)8-6-16-10(17-7-8)11(12,13)14/h3-7H,1H2,2H3/b5-4-,15-9?. The van der Waals surface area contributed by atoms with Gasteiger partial charge in [0.05, 0.1) is 5.71 Å². The molecule has 0 unspecified atom stereocenters. The molecule has 0 amide bonds. The molecule has 0 aliphatic rings. The Hall–Kier alpha value is -1.98. The number of aliphatic imine (C=N–C) groups is 1. The Morgan fingerprint density at radius 3 is 2.35 bits per heavy atom. The van der Waals surface area contributed by atoms with Crippen molar-refractivity contribution in [2.24, 2.45) is 4.99 Å². The lowest BCUT2D eigenvalue weighted by molar-refractivity contribution is -0.145. The molecule has 1 rings (SSSR count). The Bertz CT molecular complexity index is 444. The van der Waals surface area contributed by atoms with E-state index in [9.17, 15) is 13.2 Å². The fraction of sp³-hybridized carbons (Fsp3) is 0.182. The van der Waals surface area contributed by atoms with E-state index >= 15 is 0 Å². The minimum atomic E-state index is -4.53. The predicted octanol–water partition coefficient (Wildman–Crippen LogP) is 2.66. The molecule has 1 aromatic rings. The van der Waals surface area contributed by atoms with Crippen LogP contribution in [0.5, 0.6) is 0 Å². The molecular formula is C11H10F3N3. The topological polar surface area (TPSA) is 38.1 Å². The van der Waals surface area contributed by atoms with Gasteiger partial charge < -0.3 is 0 Å². The number of halogens is 3. The quantitative estimate of drug-likeness (QED) is 0.602. The van der Waals surface area contributed by atoms with E-state index in [0.29, 0.717) is 11.3 Å². The molecule has 0 aliphatic heterocycles. The summed E-state index contributed by atoms with van der Waals surface area (Å²) in [6, 6.07) is 0. The second-order valence-electron chi connectivity index (χ2n) is 3.00. The number of alkyl halides is 3. The molecule has 0 saturated heterocycles. The van der Waals surface area contributed by atoms with Crippen molar-refractivity contribution in [1.82, 2.24) is 9.97 Å². The Balaban J connectivity index is 3.02. The van der Waals surface area contributed by atoms with E-state index in [1.54, 1.807) is 12.2 Å². The van der Waals surface area contributed by atoms with E-state index in [1.165, 1.54) is 13.1 Å². The Kier molecular flexibility index (Phi) is 4.14. The summed E-state index contributed by atoms with van der Waals surface area (Å²) in [6.45, 7) is 3.49. The molecule has 90 valence electrons. The molecule has 0 spiro atoms. The summed E-state index contributed by atoms with van der Waals surface area (Å²) >= 11 is 0. The van der Waals surface area contributed by atoms with Gasteiger partial charge in [-0.3, -0.25) is 4.99 Å². The van der Waals surface area contributed by atoms with Crippen LogP contribution < -0.4 is 0 Å². The highest BCUT2D eigenvalue weighted by Crippen LogP contribution is 2.25. The van der Waals surface area contributed by atoms with Crippen molar-refractivity contribution < 1.29 is 13.2 Å². The highest BCUT2D eigenvalue weighted by atomic mass is 19.4. The van der Waals surface area contributed by atoms with Gasteiger partial charge in [0.1, 0.15) is 0 Å². The van der Waals surface area contributed by atoms with Crippen LogP contribution in [0.4, 0.5) is 13.2 Å². The minimum Gasteiger partial charge on any atom is -0.288 e. The van der Waals surface area contributed by atoms with Crippen molar-refractivity contribution in [3.63, 3.8) is 0 Å². The van der Waals surface area contributed by atoms with Gasteiger partial charge in [-0.1, -0.05) is 18.7 Å². The molecule has 17 heavy (non-hydrogen) atoms. The first-order valence-corrected chi connectivity index (χ1v) is 4.64. The molecule has 1 heterocycles. The zero-order valence-electron chi connectivity index (χ0n) is 9.07. The van der Waals surface area contributed by atoms with E-state index in [-0.39, 0.29) is 0 Å². The lowest BCUT2D eigenvalue weighted by atomic mass is 10.2. The van der Waals surface area contributed by atoms with Crippen LogP contribution in [0.2, 0.25) is 0 Å². The maximum absolute atomic E-state index is 12.2. The van der Waals surface area contributed by atoms with Crippen molar-refractivity contribution in [2.75, 3.05) is 7.05 Å². The van der Waals surface area contributed by atoms with Crippen molar-refractivity contribution in [3.05, 3.63) is 48.6 Å². The van der Waals surface area contributed by atoms with Gasteiger partial charge in [-0.25, -0.2) is 9.97 Å². The monoisotopic (exact) mass is 241 g/mol. The van der Waals surface area contributed by atoms with Crippen molar-refractivity contribution in [2.45, 2.75) is 6.18 Å². The smallest absolute Gasteiger partial charge is 0.288 e. The van der Waals surface area contributed by atoms with Gasteiger partial charge in [-0.05, 0) is 6.08 Å². The van der Waals surface area contributed by atoms with Gasteiger partial charge in [-0.2, -0.15) is 13.2 Å². The molecular weight excluding hydrogens is 231 g/mol. The van der Waals surface area contributed by atoms with Crippen molar-refractivity contribution in [3.8, 4) is 0 Å². The average Bonchev–Trinajstić information content (AvgIpc) is 2.29. The van der Waals surface area contributed by atoms with Crippen LogP contribution in [-0.4, -0.2) is 22.7 Å². The normalized spacial score (nSPS) is 13.1. The summed E-state index contributed by atoms with van der Waals surface area (Å²) in [7, 11) is 1.53. The summed E-state index contributed by atoms with van der Waals surface area (Å²) in [4.78, 5) is 10.4. The highest BCUT2D eigenvalue weighted by Gasteiger charge is 2.34. The van der Waals surface area contributed by atoms with Crippen molar-refractivity contribution in [1.29, 1.82) is 0 Å². The Morgan fingerprint density at radius 2 is 1.94 bits per heavy atom. The molecule has 1 aromatic heterocycles. The molecule has 0 aromatic carbocycles. The molecule has 0 bridgehead atoms. The zero-order chi connectivity index (χ0) is 12.9. The SMILES string of the molecule is C=C/C=C\C(=NC)c1cnc(C(F)(F)F)nc1. The van der Waals surface area contributed by atoms with Crippen LogP contribution in [-0.2, 0) is 6.18 Å². The average molecular weight is 241 g/mol. The van der Waals surface area contributed by atoms with Gasteiger partial charge in [0.15, 0.2) is 0 Å². The van der Waals surface area contributed by atoms with E-state index in [2.05, 4.69) is 21.5 Å². The minimum absolute atomic E-state index is 0.415. The number of hydrogen-bond acceptors (Lipinski definition) is 3. The van der Waals surface area contributed by atoms with Gasteiger partial charge in [0, 0.05) is 25.0 Å². The second kappa shape index (κ2) is 5.38. The first-order chi connectivity index (χ1) is 7.99. The van der Waals surface area contributed by atoms with Gasteiger partial charge >= 0.3 is 6.18 Å². The molecule has 0 fully saturated rings. The Labute approximate surface area is 96.4 Å². The third-order valence-corrected chi connectivity index (χ3v) is 1.83. The maximum atomic E-state index is 12.2. The number of rotatable bonds is 3. The summed E-state index contributed by atoms with van der Waals surface area (Å²) in [6.07, 6.45) is 2.42. The van der Waals surface area contributed by atoms with Crippen LogP contribution in [0, 0.1) is 0 Å². The number of hydrogen-bond donors (Lipinski definition) is 0. The largest absolute Gasteiger partial charge is 0.451 e. The highest BCUT2D eigenvalue weighted by molar-refractivity contribution is 6.08. The molecule has 0 radical (unpaired) electrons. The van der Waals surface area contributed by atoms with Gasteiger partial charge in [0.25, 0.3) is 0 Å². The van der Waals surface area contributed by atoms with Gasteiger partial charge in [0.2, 0.25) is 5.82 Å². The maximum Gasteiger partial charge on any atom is 0.451 e.